The smallest absolute Gasteiger partial charge is 0.354 e. The second-order valence-electron chi connectivity index (χ2n) is 10.5. The Hall–Kier alpha value is -3.62. The molecule has 1 aliphatic heterocycles. The van der Waals surface area contributed by atoms with Crippen molar-refractivity contribution in [2.24, 2.45) is 0 Å². The molecule has 1 aliphatic rings. The molecule has 1 aromatic heterocycles. The van der Waals surface area contributed by atoms with Gasteiger partial charge in [0.15, 0.2) is 0 Å². The van der Waals surface area contributed by atoms with E-state index in [1.807, 2.05) is 30.3 Å². The van der Waals surface area contributed by atoms with Gasteiger partial charge >= 0.3 is 13.3 Å². The first kappa shape index (κ1) is 41.4. The zero-order valence-electron chi connectivity index (χ0n) is 26.9. The number of aromatic amines is 1. The number of rotatable bonds is 11. The zero-order valence-corrected chi connectivity index (χ0v) is 27.8. The van der Waals surface area contributed by atoms with Crippen molar-refractivity contribution in [2.45, 2.75) is 38.3 Å². The molecule has 2 aromatic carbocycles. The maximum atomic E-state index is 13.6. The maximum absolute atomic E-state index is 13.6. The van der Waals surface area contributed by atoms with E-state index in [9.17, 15) is 36.5 Å². The molecule has 262 valence electrons. The van der Waals surface area contributed by atoms with E-state index in [-0.39, 0.29) is 17.6 Å². The van der Waals surface area contributed by atoms with E-state index in [0.29, 0.717) is 25.0 Å². The van der Waals surface area contributed by atoms with Crippen molar-refractivity contribution in [1.82, 2.24) is 20.1 Å². The summed E-state index contributed by atoms with van der Waals surface area (Å²) >= 11 is 0. The third-order valence-electron chi connectivity index (χ3n) is 6.86. The van der Waals surface area contributed by atoms with E-state index < -0.39 is 31.2 Å². The van der Waals surface area contributed by atoms with Gasteiger partial charge in [-0.25, -0.2) is 8.78 Å². The number of nitrogens with zero attached hydrogens (tertiary/aromatic N) is 3. The number of carbonyl (C=O) groups is 3. The minimum absolute atomic E-state index is 0.166. The summed E-state index contributed by atoms with van der Waals surface area (Å²) in [4.78, 5) is 57.1. The molecule has 0 bridgehead atoms. The summed E-state index contributed by atoms with van der Waals surface area (Å²) in [5, 5.41) is 2.63. The van der Waals surface area contributed by atoms with Gasteiger partial charge in [-0.2, -0.15) is 8.78 Å². The quantitative estimate of drug-likeness (QED) is 0.126. The lowest BCUT2D eigenvalue weighted by atomic mass is 10.1. The normalized spacial score (nSPS) is 13.1. The molecule has 4 N–H and O–H groups in total. The number of amides is 2. The zero-order chi connectivity index (χ0) is 35.6. The molecule has 0 aliphatic carbocycles. The van der Waals surface area contributed by atoms with Gasteiger partial charge in [0.2, 0.25) is 6.41 Å². The Balaban J connectivity index is 0.000000346. The van der Waals surface area contributed by atoms with Crippen molar-refractivity contribution in [1.29, 1.82) is 0 Å². The molecule has 0 unspecified atom stereocenters. The second kappa shape index (κ2) is 20.6. The van der Waals surface area contributed by atoms with E-state index in [0.717, 1.165) is 30.5 Å². The predicted molar refractivity (Wildman–Crippen MR) is 174 cm³/mol. The van der Waals surface area contributed by atoms with Crippen LogP contribution in [0.5, 0.6) is 0 Å². The van der Waals surface area contributed by atoms with Crippen molar-refractivity contribution >= 4 is 42.8 Å². The van der Waals surface area contributed by atoms with E-state index in [1.165, 1.54) is 50.0 Å². The summed E-state index contributed by atoms with van der Waals surface area (Å²) in [7, 11) is -0.293. The minimum atomic E-state index is -5.61. The summed E-state index contributed by atoms with van der Waals surface area (Å²) in [6.45, 7) is 5.21. The molecule has 0 saturated carbocycles. The lowest BCUT2D eigenvalue weighted by Gasteiger charge is -2.17. The van der Waals surface area contributed by atoms with Gasteiger partial charge in [-0.15, -0.1) is 0 Å². The van der Waals surface area contributed by atoms with Gasteiger partial charge in [0.1, 0.15) is 12.0 Å². The van der Waals surface area contributed by atoms with Crippen molar-refractivity contribution in [2.75, 3.05) is 58.8 Å². The summed E-state index contributed by atoms with van der Waals surface area (Å²) in [6, 6.07) is 13.9. The molecule has 2 heterocycles. The fraction of sp³-hybridized carbons (Fsp3) is 0.452. The highest BCUT2D eigenvalue weighted by molar-refractivity contribution is 7.52. The molecule has 16 heteroatoms. The molecule has 11 nitrogen and oxygen atoms in total. The SMILES string of the molecule is CCN(CCC=O)CC(F)F.CN(C=O)c1ccccc1.CN1CCCC1.CNC(=O)c1cc2cc(C(F)(F)P(=O)(O)O)ccc2[nH]1. The number of halogens is 4. The average molecular weight is 690 g/mol. The van der Waals surface area contributed by atoms with Crippen LogP contribution in [0.2, 0.25) is 0 Å². The molecule has 0 radical (unpaired) electrons. The second-order valence-corrected chi connectivity index (χ2v) is 12.1. The van der Waals surface area contributed by atoms with Crippen LogP contribution in [0.3, 0.4) is 0 Å². The van der Waals surface area contributed by atoms with Crippen LogP contribution in [0.1, 0.15) is 42.2 Å². The lowest BCUT2D eigenvalue weighted by molar-refractivity contribution is -0.108. The molecule has 0 atom stereocenters. The topological polar surface area (TPSA) is 146 Å². The van der Waals surface area contributed by atoms with E-state index >= 15 is 0 Å². The Morgan fingerprint density at radius 2 is 1.72 bits per heavy atom. The number of nitrogens with one attached hydrogen (secondary N) is 2. The van der Waals surface area contributed by atoms with Gasteiger partial charge in [0.05, 0.1) is 6.54 Å². The van der Waals surface area contributed by atoms with Gasteiger partial charge in [-0.3, -0.25) is 19.1 Å². The fourth-order valence-electron chi connectivity index (χ4n) is 4.15. The molecule has 3 aromatic rings. The van der Waals surface area contributed by atoms with Gasteiger partial charge in [0, 0.05) is 49.2 Å². The van der Waals surface area contributed by atoms with E-state index in [2.05, 4.69) is 22.2 Å². The van der Waals surface area contributed by atoms with Gasteiger partial charge in [-0.05, 0) is 69.9 Å². The summed E-state index contributed by atoms with van der Waals surface area (Å²) in [6.07, 6.45) is 2.39. The molecule has 1 saturated heterocycles. The third kappa shape index (κ3) is 14.4. The van der Waals surface area contributed by atoms with Crippen molar-refractivity contribution in [3.05, 3.63) is 65.9 Å². The number of anilines is 1. The first-order valence-electron chi connectivity index (χ1n) is 14.8. The van der Waals surface area contributed by atoms with Crippen LogP contribution < -0.4 is 10.2 Å². The van der Waals surface area contributed by atoms with Crippen LogP contribution in [0.15, 0.2) is 54.6 Å². The van der Waals surface area contributed by atoms with Crippen LogP contribution >= 0.6 is 7.60 Å². The largest absolute Gasteiger partial charge is 0.399 e. The Kier molecular flexibility index (Phi) is 18.1. The molecule has 2 amide bonds. The Morgan fingerprint density at radius 3 is 2.17 bits per heavy atom. The van der Waals surface area contributed by atoms with Gasteiger partial charge in [0.25, 0.3) is 12.3 Å². The van der Waals surface area contributed by atoms with E-state index in [4.69, 9.17) is 9.79 Å². The van der Waals surface area contributed by atoms with Crippen LogP contribution in [0.25, 0.3) is 10.9 Å². The third-order valence-corrected chi connectivity index (χ3v) is 7.85. The molecular weight excluding hydrogens is 645 g/mol. The van der Waals surface area contributed by atoms with Crippen LogP contribution in [-0.2, 0) is 19.8 Å². The van der Waals surface area contributed by atoms with Crippen LogP contribution in [-0.4, -0.2) is 103 Å². The highest BCUT2D eigenvalue weighted by atomic mass is 31.2. The van der Waals surface area contributed by atoms with Gasteiger partial charge in [-0.1, -0.05) is 31.2 Å². The molecule has 1 fully saturated rings. The van der Waals surface area contributed by atoms with Gasteiger partial charge < -0.3 is 34.7 Å². The Labute approximate surface area is 272 Å². The average Bonchev–Trinajstić information content (AvgIpc) is 3.71. The fourth-order valence-corrected chi connectivity index (χ4v) is 4.63. The predicted octanol–water partition coefficient (Wildman–Crippen LogP) is 4.91. The number of para-hydroxylation sites is 1. The molecule has 4 rings (SSSR count). The number of alkyl halides is 4. The number of hydrogen-bond donors (Lipinski definition) is 4. The first-order valence-corrected chi connectivity index (χ1v) is 16.4. The summed E-state index contributed by atoms with van der Waals surface area (Å²) < 4.78 is 61.5. The number of fused-ring (bicyclic) bond motifs is 1. The Morgan fingerprint density at radius 1 is 1.11 bits per heavy atom. The van der Waals surface area contributed by atoms with Crippen LogP contribution in [0, 0.1) is 0 Å². The summed E-state index contributed by atoms with van der Waals surface area (Å²) in [5.74, 6) is -0.426. The number of aldehydes is 1. The van der Waals surface area contributed by atoms with E-state index in [1.54, 1.807) is 18.9 Å². The van der Waals surface area contributed by atoms with Crippen molar-refractivity contribution < 1.29 is 46.3 Å². The molecular formula is C31H44F4N5O6P. The summed E-state index contributed by atoms with van der Waals surface area (Å²) in [5.41, 5.74) is -3.59. The van der Waals surface area contributed by atoms with Crippen molar-refractivity contribution in [3.63, 3.8) is 0 Å². The number of carbonyl (C=O) groups excluding carboxylic acids is 3. The number of H-pyrrole nitrogens is 1. The van der Waals surface area contributed by atoms with Crippen molar-refractivity contribution in [3.8, 4) is 0 Å². The number of hydrogen-bond acceptors (Lipinski definition) is 6. The number of aromatic nitrogens is 1. The highest BCUT2D eigenvalue weighted by Gasteiger charge is 2.50. The monoisotopic (exact) mass is 689 g/mol. The maximum Gasteiger partial charge on any atom is 0.399 e. The minimum Gasteiger partial charge on any atom is -0.354 e. The Bertz CT molecular complexity index is 1420. The lowest BCUT2D eigenvalue weighted by Crippen LogP contribution is -2.29. The molecule has 0 spiro atoms. The standard InChI is InChI=1S/C11H11F2N2O4P.C8H9NO.C7H13F2NO.C5H11N/c1-14-10(16)9-5-6-4-7(2-3-8(6)15-9)11(12,13)20(17,18)19;1-9(7-10)8-5-3-2-4-6-8;1-2-10(4-3-5-11)6-7(8)9;1-6-4-2-3-5-6/h2-5,15H,1H3,(H,14,16)(H2,17,18,19);2-7H,1H3;5,7H,2-4,6H2,1H3;2-5H2,1H3. The molecule has 47 heavy (non-hydrogen) atoms. The number of likely N-dealkylation sites (tertiary alicyclic amines) is 1. The first-order chi connectivity index (χ1) is 22.1. The van der Waals surface area contributed by atoms with Crippen LogP contribution in [0.4, 0.5) is 23.2 Å². The number of benzene rings is 2. The highest BCUT2D eigenvalue weighted by Crippen LogP contribution is 2.59.